The number of hydrogen-bond donors (Lipinski definition) is 6. The van der Waals surface area contributed by atoms with Crippen LogP contribution < -0.4 is 4.90 Å². The van der Waals surface area contributed by atoms with E-state index in [-0.39, 0.29) is 39.6 Å². The molecule has 59 heavy (non-hydrogen) atoms. The minimum Gasteiger partial charge on any atom is -0.394 e. The van der Waals surface area contributed by atoms with Gasteiger partial charge in [-0.25, -0.2) is 0 Å². The van der Waals surface area contributed by atoms with Crippen LogP contribution in [-0.2, 0) is 0 Å². The highest BCUT2D eigenvalue weighted by molar-refractivity contribution is 5.80. The fourth-order valence-electron chi connectivity index (χ4n) is 5.33. The molecule has 7 nitrogen and oxygen atoms in total. The summed E-state index contributed by atoms with van der Waals surface area (Å²) in [7, 11) is 0. The number of aliphatic hydroxyl groups excluding tert-OH is 6. The molecule has 0 aliphatic rings. The molecule has 0 aliphatic carbocycles. The Morgan fingerprint density at radius 3 is 0.712 bits per heavy atom. The Morgan fingerprint density at radius 2 is 0.508 bits per heavy atom. The molecule has 0 unspecified atom stereocenters. The maximum atomic E-state index is 7.62. The average Bonchev–Trinajstić information content (AvgIpc) is 3.29. The fraction of sp³-hybridized carbons (Fsp3) is 0.154. The molecule has 0 radical (unpaired) electrons. The van der Waals surface area contributed by atoms with Gasteiger partial charge < -0.3 is 35.5 Å². The molecule has 0 aromatic heterocycles. The smallest absolute Gasteiger partial charge is 0.0662 e. The summed E-state index contributed by atoms with van der Waals surface area (Å²) in [6, 6.07) is 51.8. The minimum absolute atomic E-state index is 0.125. The van der Waals surface area contributed by atoms with Crippen molar-refractivity contribution < 1.29 is 30.6 Å². The highest BCUT2D eigenvalue weighted by Crippen LogP contribution is 2.35. The predicted molar refractivity (Wildman–Crippen MR) is 249 cm³/mol. The van der Waals surface area contributed by atoms with E-state index in [1.165, 1.54) is 22.3 Å². The molecular weight excluding hydrogens is 735 g/mol. The van der Waals surface area contributed by atoms with Crippen LogP contribution in [0.4, 0.5) is 17.1 Å². The number of hydrogen-bond acceptors (Lipinski definition) is 7. The summed E-state index contributed by atoms with van der Waals surface area (Å²) in [6.45, 7) is 7.32. The molecule has 6 aromatic rings. The van der Waals surface area contributed by atoms with Gasteiger partial charge in [-0.1, -0.05) is 169 Å². The van der Waals surface area contributed by atoms with Crippen LogP contribution in [-0.4, -0.2) is 70.3 Å². The molecule has 0 saturated heterocycles. The Hall–Kier alpha value is -6.16. The molecular formula is C52H57NO6. The second-order valence-corrected chi connectivity index (χ2v) is 13.1. The summed E-state index contributed by atoms with van der Waals surface area (Å²) in [6.07, 6.45) is 14.8. The van der Waals surface area contributed by atoms with Crippen molar-refractivity contribution in [3.8, 4) is 0 Å². The second-order valence-electron chi connectivity index (χ2n) is 13.1. The maximum Gasteiger partial charge on any atom is 0.0662 e. The number of nitrogens with zero attached hydrogens (tertiary/aromatic N) is 1. The highest BCUT2D eigenvalue weighted by Gasteiger charge is 2.12. The van der Waals surface area contributed by atoms with E-state index in [4.69, 9.17) is 30.6 Å². The number of benzene rings is 6. The summed E-state index contributed by atoms with van der Waals surface area (Å²) in [5.74, 6) is 0. The third kappa shape index (κ3) is 17.5. The molecule has 0 amide bonds. The molecule has 6 N–H and O–H groups in total. The van der Waals surface area contributed by atoms with Gasteiger partial charge in [0.1, 0.15) is 0 Å². The van der Waals surface area contributed by atoms with Crippen molar-refractivity contribution in [1.29, 1.82) is 0 Å². The van der Waals surface area contributed by atoms with Crippen LogP contribution in [0, 0.1) is 13.8 Å². The largest absolute Gasteiger partial charge is 0.394 e. The first kappa shape index (κ1) is 47.2. The van der Waals surface area contributed by atoms with E-state index in [2.05, 4.69) is 207 Å². The summed E-state index contributed by atoms with van der Waals surface area (Å²) < 4.78 is 0. The van der Waals surface area contributed by atoms with Gasteiger partial charge in [0, 0.05) is 17.1 Å². The fourth-order valence-corrected chi connectivity index (χ4v) is 5.33. The Kier molecular flexibility index (Phi) is 22.0. The number of anilines is 3. The lowest BCUT2D eigenvalue weighted by Crippen LogP contribution is -2.09. The minimum atomic E-state index is -0.125. The predicted octanol–water partition coefficient (Wildman–Crippen LogP) is 9.84. The summed E-state index contributed by atoms with van der Waals surface area (Å²) in [5.41, 5.74) is 14.0. The molecule has 306 valence electrons. The van der Waals surface area contributed by atoms with E-state index in [0.717, 1.165) is 44.9 Å². The van der Waals surface area contributed by atoms with E-state index in [9.17, 15) is 0 Å². The molecule has 7 heteroatoms. The van der Waals surface area contributed by atoms with Crippen LogP contribution >= 0.6 is 0 Å². The molecule has 0 bridgehead atoms. The average molecular weight is 792 g/mol. The quantitative estimate of drug-likeness (QED) is 0.0644. The lowest BCUT2D eigenvalue weighted by molar-refractivity contribution is 0.186. The Bertz CT molecular complexity index is 2010. The highest BCUT2D eigenvalue weighted by atomic mass is 16.3. The number of aliphatic hydroxyl groups is 6. The lowest BCUT2D eigenvalue weighted by atomic mass is 10.1. The Morgan fingerprint density at radius 1 is 0.322 bits per heavy atom. The van der Waals surface area contributed by atoms with Crippen molar-refractivity contribution in [2.24, 2.45) is 0 Å². The summed E-state index contributed by atoms with van der Waals surface area (Å²) in [5, 5.41) is 45.8. The summed E-state index contributed by atoms with van der Waals surface area (Å²) in [4.78, 5) is 2.31. The third-order valence-electron chi connectivity index (χ3n) is 8.49. The molecule has 6 aromatic carbocycles. The molecule has 0 heterocycles. The monoisotopic (exact) mass is 791 g/mol. The van der Waals surface area contributed by atoms with Crippen LogP contribution in [0.3, 0.4) is 0 Å². The second kappa shape index (κ2) is 27.5. The molecule has 0 spiro atoms. The zero-order valence-electron chi connectivity index (χ0n) is 34.0. The van der Waals surface area contributed by atoms with Crippen molar-refractivity contribution in [1.82, 2.24) is 0 Å². The van der Waals surface area contributed by atoms with Crippen LogP contribution in [0.2, 0.25) is 0 Å². The van der Waals surface area contributed by atoms with E-state index in [1.54, 1.807) is 0 Å². The Labute approximate surface area is 349 Å². The van der Waals surface area contributed by atoms with Gasteiger partial charge in [0.25, 0.3) is 0 Å². The first-order chi connectivity index (χ1) is 28.8. The van der Waals surface area contributed by atoms with Crippen molar-refractivity contribution in [2.45, 2.75) is 13.8 Å². The van der Waals surface area contributed by atoms with Crippen LogP contribution in [0.25, 0.3) is 42.5 Å². The van der Waals surface area contributed by atoms with E-state index >= 15 is 0 Å². The molecule has 0 fully saturated rings. The molecule has 0 saturated carbocycles. The Balaban J connectivity index is 0.000000686. The lowest BCUT2D eigenvalue weighted by Gasteiger charge is -2.26. The SMILES string of the molecule is C=Cc1ccc(/C=C/c2ccc(N(c3ccc(/C=C/c4ccc(C)cc4)cc3)c3ccc(/C=C/c4ccc(C)cc4)cc3)cc2)cc1.OCCO.OCCO.OCCO. The van der Waals surface area contributed by atoms with Gasteiger partial charge in [-0.3, -0.25) is 0 Å². The van der Waals surface area contributed by atoms with Crippen molar-refractivity contribution in [3.63, 3.8) is 0 Å². The van der Waals surface area contributed by atoms with Gasteiger partial charge in [-0.2, -0.15) is 0 Å². The van der Waals surface area contributed by atoms with Gasteiger partial charge in [0.15, 0.2) is 0 Å². The standard InChI is InChI=1S/C46H39N.3C2H6O2/c1-4-37-13-15-40(16-14-37)19-22-43-27-33-46(34-28-43)47(44-29-23-41(24-30-44)20-17-38-9-5-35(2)6-10-38)45-31-25-42(26-32-45)21-18-39-11-7-36(3)8-12-39;3*3-1-2-4/h4-34H,1H2,2-3H3;3*3-4H,1-2H2/b20-17+,21-18+,22-19+;;;. The normalized spacial score (nSPS) is 10.6. The van der Waals surface area contributed by atoms with Gasteiger partial charge in [0.2, 0.25) is 0 Å². The van der Waals surface area contributed by atoms with Gasteiger partial charge in [-0.15, -0.1) is 0 Å². The zero-order valence-corrected chi connectivity index (χ0v) is 34.0. The van der Waals surface area contributed by atoms with Crippen LogP contribution in [0.1, 0.15) is 50.1 Å². The van der Waals surface area contributed by atoms with Gasteiger partial charge >= 0.3 is 0 Å². The first-order valence-corrected chi connectivity index (χ1v) is 19.4. The number of aryl methyl sites for hydroxylation is 2. The number of rotatable bonds is 13. The van der Waals surface area contributed by atoms with Crippen LogP contribution in [0.15, 0.2) is 152 Å². The van der Waals surface area contributed by atoms with E-state index in [1.807, 2.05) is 6.08 Å². The van der Waals surface area contributed by atoms with Crippen LogP contribution in [0.5, 0.6) is 0 Å². The van der Waals surface area contributed by atoms with Gasteiger partial charge in [-0.05, 0) is 89.2 Å². The van der Waals surface area contributed by atoms with E-state index in [0.29, 0.717) is 0 Å². The molecule has 0 aliphatic heterocycles. The maximum absolute atomic E-state index is 7.62. The third-order valence-corrected chi connectivity index (χ3v) is 8.49. The first-order valence-electron chi connectivity index (χ1n) is 19.4. The van der Waals surface area contributed by atoms with Crippen molar-refractivity contribution in [2.75, 3.05) is 44.5 Å². The molecule has 0 atom stereocenters. The van der Waals surface area contributed by atoms with Gasteiger partial charge in [0.05, 0.1) is 39.6 Å². The van der Waals surface area contributed by atoms with Crippen molar-refractivity contribution >= 4 is 59.6 Å². The molecule has 6 rings (SSSR count). The van der Waals surface area contributed by atoms with Crippen molar-refractivity contribution in [3.05, 3.63) is 202 Å². The zero-order chi connectivity index (χ0) is 42.7. The topological polar surface area (TPSA) is 125 Å². The summed E-state index contributed by atoms with van der Waals surface area (Å²) >= 11 is 0. The van der Waals surface area contributed by atoms with E-state index < -0.39 is 0 Å².